The second-order valence-electron chi connectivity index (χ2n) is 4.40. The average Bonchev–Trinajstić information content (AvgIpc) is 2.53. The Morgan fingerprint density at radius 1 is 1.53 bits per heavy atom. The van der Waals surface area contributed by atoms with E-state index in [0.29, 0.717) is 5.82 Å². The van der Waals surface area contributed by atoms with Crippen molar-refractivity contribution in [3.63, 3.8) is 0 Å². The number of hydrogen-bond acceptors (Lipinski definition) is 5. The molecule has 1 aliphatic rings. The highest BCUT2D eigenvalue weighted by atomic mass is 16.5. The standard InChI is InChI=1S/C12H20N4O/c1-3-11-14-10(13)7-12(15-11)16-5-4-6-17-9(2)8-16/h7,9H,3-6,8H2,1-2H3,(H2,13,14,15). The minimum atomic E-state index is 0.235. The van der Waals surface area contributed by atoms with E-state index in [-0.39, 0.29) is 6.10 Å². The number of nitrogens with zero attached hydrogens (tertiary/aromatic N) is 3. The molecule has 2 N–H and O–H groups in total. The third kappa shape index (κ3) is 3.06. The molecule has 5 heteroatoms. The highest BCUT2D eigenvalue weighted by molar-refractivity contribution is 5.47. The van der Waals surface area contributed by atoms with Crippen LogP contribution in [0.25, 0.3) is 0 Å². The van der Waals surface area contributed by atoms with Gasteiger partial charge in [-0.1, -0.05) is 6.92 Å². The minimum Gasteiger partial charge on any atom is -0.384 e. The van der Waals surface area contributed by atoms with Gasteiger partial charge in [-0.2, -0.15) is 0 Å². The van der Waals surface area contributed by atoms with Crippen LogP contribution in [0.2, 0.25) is 0 Å². The van der Waals surface area contributed by atoms with Crippen molar-refractivity contribution in [2.24, 2.45) is 0 Å². The summed E-state index contributed by atoms with van der Waals surface area (Å²) in [5.41, 5.74) is 5.81. The molecule has 1 aromatic heterocycles. The fourth-order valence-corrected chi connectivity index (χ4v) is 2.03. The van der Waals surface area contributed by atoms with Gasteiger partial charge in [-0.25, -0.2) is 9.97 Å². The normalized spacial score (nSPS) is 21.3. The van der Waals surface area contributed by atoms with Gasteiger partial charge in [-0.05, 0) is 13.3 Å². The van der Waals surface area contributed by atoms with Gasteiger partial charge in [0.05, 0.1) is 6.10 Å². The number of nitrogens with two attached hydrogens (primary N) is 1. The molecule has 1 saturated heterocycles. The number of aromatic nitrogens is 2. The van der Waals surface area contributed by atoms with Crippen molar-refractivity contribution in [3.8, 4) is 0 Å². The zero-order chi connectivity index (χ0) is 12.3. The minimum absolute atomic E-state index is 0.235. The zero-order valence-electron chi connectivity index (χ0n) is 10.5. The molecule has 1 aliphatic heterocycles. The van der Waals surface area contributed by atoms with Crippen LogP contribution in [0.1, 0.15) is 26.1 Å². The molecule has 2 rings (SSSR count). The first-order valence-corrected chi connectivity index (χ1v) is 6.19. The monoisotopic (exact) mass is 236 g/mol. The quantitative estimate of drug-likeness (QED) is 0.837. The number of anilines is 2. The second-order valence-corrected chi connectivity index (χ2v) is 4.40. The molecule has 1 atom stereocenters. The van der Waals surface area contributed by atoms with Crippen molar-refractivity contribution in [1.29, 1.82) is 0 Å². The number of hydrogen-bond donors (Lipinski definition) is 1. The fourth-order valence-electron chi connectivity index (χ4n) is 2.03. The molecule has 1 fully saturated rings. The number of ether oxygens (including phenoxy) is 1. The van der Waals surface area contributed by atoms with E-state index in [0.717, 1.165) is 44.2 Å². The van der Waals surface area contributed by atoms with E-state index in [1.165, 1.54) is 0 Å². The third-order valence-corrected chi connectivity index (χ3v) is 2.87. The van der Waals surface area contributed by atoms with Crippen molar-refractivity contribution in [2.75, 3.05) is 30.3 Å². The molecule has 5 nitrogen and oxygen atoms in total. The number of nitrogen functional groups attached to an aromatic ring is 1. The summed E-state index contributed by atoms with van der Waals surface area (Å²) < 4.78 is 5.63. The SMILES string of the molecule is CCc1nc(N)cc(N2CCCOC(C)C2)n1. The molecule has 0 aliphatic carbocycles. The van der Waals surface area contributed by atoms with Crippen LogP contribution in [0, 0.1) is 0 Å². The summed E-state index contributed by atoms with van der Waals surface area (Å²) in [6.07, 6.45) is 2.06. The number of rotatable bonds is 2. The Morgan fingerprint density at radius 3 is 3.12 bits per heavy atom. The summed E-state index contributed by atoms with van der Waals surface area (Å²) in [7, 11) is 0. The van der Waals surface area contributed by atoms with Gasteiger partial charge >= 0.3 is 0 Å². The molecular formula is C12H20N4O. The highest BCUT2D eigenvalue weighted by Crippen LogP contribution is 2.17. The third-order valence-electron chi connectivity index (χ3n) is 2.87. The van der Waals surface area contributed by atoms with E-state index in [1.54, 1.807) is 0 Å². The predicted molar refractivity (Wildman–Crippen MR) is 68.1 cm³/mol. The Balaban J connectivity index is 2.22. The van der Waals surface area contributed by atoms with Crippen LogP contribution in [0.15, 0.2) is 6.07 Å². The van der Waals surface area contributed by atoms with Gasteiger partial charge in [0, 0.05) is 32.2 Å². The maximum Gasteiger partial charge on any atom is 0.134 e. The van der Waals surface area contributed by atoms with Gasteiger partial charge in [0.1, 0.15) is 17.5 Å². The van der Waals surface area contributed by atoms with Crippen molar-refractivity contribution in [3.05, 3.63) is 11.9 Å². The van der Waals surface area contributed by atoms with Crippen LogP contribution < -0.4 is 10.6 Å². The summed E-state index contributed by atoms with van der Waals surface area (Å²) in [6.45, 7) is 6.76. The van der Waals surface area contributed by atoms with Gasteiger partial charge in [-0.15, -0.1) is 0 Å². The van der Waals surface area contributed by atoms with E-state index in [2.05, 4.69) is 21.8 Å². The maximum absolute atomic E-state index is 5.81. The Kier molecular flexibility index (Phi) is 3.78. The summed E-state index contributed by atoms with van der Waals surface area (Å²) >= 11 is 0. The van der Waals surface area contributed by atoms with Crippen LogP contribution >= 0.6 is 0 Å². The van der Waals surface area contributed by atoms with E-state index >= 15 is 0 Å². The van der Waals surface area contributed by atoms with E-state index in [1.807, 2.05) is 13.0 Å². The highest BCUT2D eigenvalue weighted by Gasteiger charge is 2.17. The first kappa shape index (κ1) is 12.1. The van der Waals surface area contributed by atoms with E-state index in [4.69, 9.17) is 10.5 Å². The first-order valence-electron chi connectivity index (χ1n) is 6.19. The average molecular weight is 236 g/mol. The fraction of sp³-hybridized carbons (Fsp3) is 0.667. The Hall–Kier alpha value is -1.36. The number of aryl methyl sites for hydroxylation is 1. The van der Waals surface area contributed by atoms with Crippen LogP contribution in [-0.4, -0.2) is 35.8 Å². The first-order chi connectivity index (χ1) is 8.19. The summed E-state index contributed by atoms with van der Waals surface area (Å²) in [4.78, 5) is 11.0. The van der Waals surface area contributed by atoms with E-state index in [9.17, 15) is 0 Å². The molecule has 1 unspecified atom stereocenters. The lowest BCUT2D eigenvalue weighted by Crippen LogP contribution is -2.31. The van der Waals surface area contributed by atoms with Crippen molar-refractivity contribution >= 4 is 11.6 Å². The molecule has 0 amide bonds. The Labute approximate surface area is 102 Å². The van der Waals surface area contributed by atoms with Crippen LogP contribution in [0.5, 0.6) is 0 Å². The summed E-state index contributed by atoms with van der Waals surface area (Å²) in [5.74, 6) is 2.27. The van der Waals surface area contributed by atoms with Crippen LogP contribution in [-0.2, 0) is 11.2 Å². The lowest BCUT2D eigenvalue weighted by atomic mass is 10.3. The molecular weight excluding hydrogens is 216 g/mol. The maximum atomic E-state index is 5.81. The lowest BCUT2D eigenvalue weighted by Gasteiger charge is -2.23. The molecule has 0 radical (unpaired) electrons. The topological polar surface area (TPSA) is 64.3 Å². The van der Waals surface area contributed by atoms with E-state index < -0.39 is 0 Å². The van der Waals surface area contributed by atoms with Crippen LogP contribution in [0.4, 0.5) is 11.6 Å². The molecule has 0 bridgehead atoms. The molecule has 0 aromatic carbocycles. The molecule has 17 heavy (non-hydrogen) atoms. The van der Waals surface area contributed by atoms with Gasteiger partial charge in [0.15, 0.2) is 0 Å². The predicted octanol–water partition coefficient (Wildman–Crippen LogP) is 1.24. The van der Waals surface area contributed by atoms with Gasteiger partial charge in [0.2, 0.25) is 0 Å². The zero-order valence-corrected chi connectivity index (χ0v) is 10.5. The Bertz CT molecular complexity index is 383. The van der Waals surface area contributed by atoms with Gasteiger partial charge in [0.25, 0.3) is 0 Å². The smallest absolute Gasteiger partial charge is 0.134 e. The molecule has 1 aromatic rings. The van der Waals surface area contributed by atoms with Gasteiger partial charge in [-0.3, -0.25) is 0 Å². The molecule has 0 spiro atoms. The molecule has 94 valence electrons. The largest absolute Gasteiger partial charge is 0.384 e. The van der Waals surface area contributed by atoms with Crippen molar-refractivity contribution in [1.82, 2.24) is 9.97 Å². The Morgan fingerprint density at radius 2 is 2.35 bits per heavy atom. The molecule has 2 heterocycles. The summed E-state index contributed by atoms with van der Waals surface area (Å²) in [6, 6.07) is 1.84. The second kappa shape index (κ2) is 5.31. The van der Waals surface area contributed by atoms with Gasteiger partial charge < -0.3 is 15.4 Å². The van der Waals surface area contributed by atoms with Crippen molar-refractivity contribution in [2.45, 2.75) is 32.8 Å². The summed E-state index contributed by atoms with van der Waals surface area (Å²) in [5, 5.41) is 0. The lowest BCUT2D eigenvalue weighted by molar-refractivity contribution is 0.0820. The van der Waals surface area contributed by atoms with Crippen molar-refractivity contribution < 1.29 is 4.74 Å². The molecule has 0 saturated carbocycles. The van der Waals surface area contributed by atoms with Crippen LogP contribution in [0.3, 0.4) is 0 Å².